The Hall–Kier alpha value is -2.01. The van der Waals surface area contributed by atoms with Gasteiger partial charge in [-0.05, 0) is 25.0 Å². The number of hydrogen-bond donors (Lipinski definition) is 1. The third-order valence-electron chi connectivity index (χ3n) is 3.05. The van der Waals surface area contributed by atoms with Crippen LogP contribution in [0.25, 0.3) is 11.0 Å². The number of benzene rings is 1. The van der Waals surface area contributed by atoms with Crippen molar-refractivity contribution in [3.05, 3.63) is 39.2 Å². The molecular weight excluding hydrogens is 296 g/mol. The van der Waals surface area contributed by atoms with E-state index in [-0.39, 0.29) is 10.8 Å². The van der Waals surface area contributed by atoms with Crippen LogP contribution in [0.4, 0.5) is 0 Å². The van der Waals surface area contributed by atoms with E-state index in [1.54, 1.807) is 6.07 Å². The highest BCUT2D eigenvalue weighted by Gasteiger charge is 2.16. The standard InChI is InChI=1S/C15H15ClO5/c1-3-4-9-5-14(17)21-12-7-13(11(16)6-10(9)12)20-8(2)15(18)19/h5-8H,3-4H2,1-2H3,(H,18,19). The first-order valence-corrected chi connectivity index (χ1v) is 6.96. The summed E-state index contributed by atoms with van der Waals surface area (Å²) in [5.74, 6) is -0.928. The third-order valence-corrected chi connectivity index (χ3v) is 3.35. The second-order valence-corrected chi connectivity index (χ2v) is 5.12. The minimum atomic E-state index is -1.10. The second-order valence-electron chi connectivity index (χ2n) is 4.72. The average molecular weight is 311 g/mol. The number of rotatable bonds is 5. The lowest BCUT2D eigenvalue weighted by Gasteiger charge is -2.13. The lowest BCUT2D eigenvalue weighted by atomic mass is 10.1. The van der Waals surface area contributed by atoms with Crippen molar-refractivity contribution in [2.75, 3.05) is 0 Å². The van der Waals surface area contributed by atoms with Crippen LogP contribution in [0.1, 0.15) is 25.8 Å². The quantitative estimate of drug-likeness (QED) is 0.858. The number of hydrogen-bond acceptors (Lipinski definition) is 4. The molecule has 0 saturated heterocycles. The molecule has 1 unspecified atom stereocenters. The normalized spacial score (nSPS) is 12.3. The first-order valence-electron chi connectivity index (χ1n) is 6.58. The number of carboxylic acids is 1. The van der Waals surface area contributed by atoms with Gasteiger partial charge in [-0.1, -0.05) is 24.9 Å². The number of aliphatic carboxylic acids is 1. The highest BCUT2D eigenvalue weighted by atomic mass is 35.5. The van der Waals surface area contributed by atoms with Crippen molar-refractivity contribution in [1.82, 2.24) is 0 Å². The van der Waals surface area contributed by atoms with Crippen LogP contribution in [0, 0.1) is 0 Å². The van der Waals surface area contributed by atoms with Gasteiger partial charge in [0.25, 0.3) is 0 Å². The lowest BCUT2D eigenvalue weighted by Crippen LogP contribution is -2.23. The summed E-state index contributed by atoms with van der Waals surface area (Å²) in [6.07, 6.45) is 0.555. The largest absolute Gasteiger partial charge is 0.479 e. The fourth-order valence-corrected chi connectivity index (χ4v) is 2.24. The van der Waals surface area contributed by atoms with Gasteiger partial charge in [-0.15, -0.1) is 0 Å². The Balaban J connectivity index is 2.54. The molecule has 2 rings (SSSR count). The van der Waals surface area contributed by atoms with Crippen molar-refractivity contribution in [3.8, 4) is 5.75 Å². The summed E-state index contributed by atoms with van der Waals surface area (Å²) in [7, 11) is 0. The predicted octanol–water partition coefficient (Wildman–Crippen LogP) is 3.25. The highest BCUT2D eigenvalue weighted by Crippen LogP contribution is 2.32. The van der Waals surface area contributed by atoms with E-state index < -0.39 is 17.7 Å². The molecule has 0 aliphatic carbocycles. The molecule has 0 amide bonds. The summed E-state index contributed by atoms with van der Waals surface area (Å²) >= 11 is 6.13. The van der Waals surface area contributed by atoms with Crippen molar-refractivity contribution in [2.45, 2.75) is 32.8 Å². The van der Waals surface area contributed by atoms with Gasteiger partial charge in [0, 0.05) is 17.5 Å². The third kappa shape index (κ3) is 3.36. The van der Waals surface area contributed by atoms with E-state index in [9.17, 15) is 9.59 Å². The fourth-order valence-electron chi connectivity index (χ4n) is 2.04. The maximum atomic E-state index is 11.6. The van der Waals surface area contributed by atoms with Crippen molar-refractivity contribution >= 4 is 28.5 Å². The van der Waals surface area contributed by atoms with Gasteiger partial charge in [0.1, 0.15) is 11.3 Å². The summed E-state index contributed by atoms with van der Waals surface area (Å²) in [6, 6.07) is 4.54. The molecule has 1 atom stereocenters. The molecule has 0 radical (unpaired) electrons. The molecule has 0 fully saturated rings. The minimum absolute atomic E-state index is 0.177. The summed E-state index contributed by atoms with van der Waals surface area (Å²) in [6.45, 7) is 3.40. The lowest BCUT2D eigenvalue weighted by molar-refractivity contribution is -0.144. The number of ether oxygens (including phenoxy) is 1. The number of fused-ring (bicyclic) bond motifs is 1. The number of aryl methyl sites for hydroxylation is 1. The average Bonchev–Trinajstić information content (AvgIpc) is 2.40. The molecule has 0 spiro atoms. The molecular formula is C15H15ClO5. The van der Waals surface area contributed by atoms with Gasteiger partial charge in [-0.2, -0.15) is 0 Å². The number of halogens is 1. The highest BCUT2D eigenvalue weighted by molar-refractivity contribution is 6.32. The molecule has 1 aromatic heterocycles. The van der Waals surface area contributed by atoms with Crippen molar-refractivity contribution in [2.24, 2.45) is 0 Å². The molecule has 0 saturated carbocycles. The van der Waals surface area contributed by atoms with E-state index in [4.69, 9.17) is 25.9 Å². The summed E-state index contributed by atoms with van der Waals surface area (Å²) < 4.78 is 10.4. The van der Waals surface area contributed by atoms with Gasteiger partial charge in [0.05, 0.1) is 5.02 Å². The van der Waals surface area contributed by atoms with Crippen LogP contribution in [0.5, 0.6) is 5.75 Å². The van der Waals surface area contributed by atoms with E-state index in [2.05, 4.69) is 0 Å². The molecule has 21 heavy (non-hydrogen) atoms. The molecule has 1 aromatic carbocycles. The van der Waals surface area contributed by atoms with E-state index >= 15 is 0 Å². The predicted molar refractivity (Wildman–Crippen MR) is 79.2 cm³/mol. The van der Waals surface area contributed by atoms with Gasteiger partial charge in [-0.25, -0.2) is 9.59 Å². The maximum absolute atomic E-state index is 11.6. The summed E-state index contributed by atoms with van der Waals surface area (Å²) in [4.78, 5) is 22.4. The molecule has 2 aromatic rings. The second kappa shape index (κ2) is 6.18. The molecule has 5 nitrogen and oxygen atoms in total. The summed E-state index contributed by atoms with van der Waals surface area (Å²) in [5, 5.41) is 9.88. The molecule has 0 bridgehead atoms. The molecule has 1 heterocycles. The number of carbonyl (C=O) groups is 1. The van der Waals surface area contributed by atoms with Gasteiger partial charge in [0.15, 0.2) is 6.10 Å². The van der Waals surface area contributed by atoms with Gasteiger partial charge in [-0.3, -0.25) is 0 Å². The Kier molecular flexibility index (Phi) is 4.53. The van der Waals surface area contributed by atoms with Crippen molar-refractivity contribution < 1.29 is 19.1 Å². The zero-order chi connectivity index (χ0) is 15.6. The van der Waals surface area contributed by atoms with E-state index in [0.717, 1.165) is 23.8 Å². The molecule has 6 heteroatoms. The SMILES string of the molecule is CCCc1cc(=O)oc2cc(OC(C)C(=O)O)c(Cl)cc12. The molecule has 0 aliphatic heterocycles. The molecule has 112 valence electrons. The monoisotopic (exact) mass is 310 g/mol. The Labute approximate surface area is 126 Å². The minimum Gasteiger partial charge on any atom is -0.479 e. The van der Waals surface area contributed by atoms with Crippen LogP contribution in [0.3, 0.4) is 0 Å². The van der Waals surface area contributed by atoms with Crippen LogP contribution >= 0.6 is 11.6 Å². The van der Waals surface area contributed by atoms with Crippen molar-refractivity contribution in [3.63, 3.8) is 0 Å². The van der Waals surface area contributed by atoms with Crippen molar-refractivity contribution in [1.29, 1.82) is 0 Å². The Morgan fingerprint density at radius 1 is 1.43 bits per heavy atom. The summed E-state index contributed by atoms with van der Waals surface area (Å²) in [5.41, 5.74) is 0.733. The van der Waals surface area contributed by atoms with Gasteiger partial charge in [0.2, 0.25) is 0 Å². The Morgan fingerprint density at radius 2 is 2.14 bits per heavy atom. The first-order chi connectivity index (χ1) is 9.92. The van der Waals surface area contributed by atoms with E-state index in [0.29, 0.717) is 5.58 Å². The van der Waals surface area contributed by atoms with Crippen LogP contribution in [0.2, 0.25) is 5.02 Å². The van der Waals surface area contributed by atoms with Crippen LogP contribution < -0.4 is 10.4 Å². The fraction of sp³-hybridized carbons (Fsp3) is 0.333. The smallest absolute Gasteiger partial charge is 0.344 e. The van der Waals surface area contributed by atoms with E-state index in [1.807, 2.05) is 6.92 Å². The molecule has 0 aliphatic rings. The Morgan fingerprint density at radius 3 is 2.76 bits per heavy atom. The topological polar surface area (TPSA) is 76.7 Å². The zero-order valence-corrected chi connectivity index (χ0v) is 12.4. The first kappa shape index (κ1) is 15.4. The van der Waals surface area contributed by atoms with Gasteiger partial charge >= 0.3 is 11.6 Å². The zero-order valence-electron chi connectivity index (χ0n) is 11.7. The van der Waals surface area contributed by atoms with Crippen LogP contribution in [-0.2, 0) is 11.2 Å². The van der Waals surface area contributed by atoms with E-state index in [1.165, 1.54) is 19.1 Å². The van der Waals surface area contributed by atoms with Crippen LogP contribution in [-0.4, -0.2) is 17.2 Å². The number of carboxylic acid groups (broad SMARTS) is 1. The van der Waals surface area contributed by atoms with Gasteiger partial charge < -0.3 is 14.3 Å². The maximum Gasteiger partial charge on any atom is 0.344 e. The van der Waals surface area contributed by atoms with Crippen LogP contribution in [0.15, 0.2) is 27.4 Å². The Bertz CT molecular complexity index is 735. The molecule has 1 N–H and O–H groups in total.